The van der Waals surface area contributed by atoms with Crippen molar-refractivity contribution in [1.29, 1.82) is 0 Å². The highest BCUT2D eigenvalue weighted by molar-refractivity contribution is 7.17. The molecular weight excluding hydrogens is 232 g/mol. The third-order valence-electron chi connectivity index (χ3n) is 2.61. The molecule has 2 heterocycles. The van der Waals surface area contributed by atoms with Gasteiger partial charge in [-0.25, -0.2) is 4.98 Å². The molecule has 0 spiro atoms. The van der Waals surface area contributed by atoms with E-state index in [4.69, 9.17) is 4.74 Å². The average Bonchev–Trinajstić information content (AvgIpc) is 2.88. The van der Waals surface area contributed by atoms with Crippen molar-refractivity contribution in [3.63, 3.8) is 0 Å². The van der Waals surface area contributed by atoms with Gasteiger partial charge in [0.25, 0.3) is 0 Å². The molecule has 3 aromatic rings. The molecule has 17 heavy (non-hydrogen) atoms. The van der Waals surface area contributed by atoms with Crippen LogP contribution in [0, 0.1) is 0 Å². The van der Waals surface area contributed by atoms with Crippen LogP contribution in [0.5, 0.6) is 5.75 Å². The molecule has 3 rings (SSSR count). The van der Waals surface area contributed by atoms with E-state index in [0.717, 1.165) is 27.2 Å². The first-order chi connectivity index (χ1) is 8.40. The largest absolute Gasteiger partial charge is 0.494 e. The zero-order chi connectivity index (χ0) is 11.7. The molecule has 0 fully saturated rings. The van der Waals surface area contributed by atoms with E-state index in [2.05, 4.69) is 9.97 Å². The Kier molecular flexibility index (Phi) is 2.49. The number of rotatable bonds is 2. The van der Waals surface area contributed by atoms with E-state index in [1.165, 1.54) is 0 Å². The molecule has 4 heteroatoms. The number of ether oxygens (including phenoxy) is 1. The van der Waals surface area contributed by atoms with Crippen molar-refractivity contribution in [2.75, 3.05) is 7.11 Å². The second kappa shape index (κ2) is 4.14. The van der Waals surface area contributed by atoms with E-state index >= 15 is 0 Å². The molecule has 0 amide bonds. The maximum absolute atomic E-state index is 5.30. The second-order valence-corrected chi connectivity index (χ2v) is 4.42. The molecule has 0 saturated heterocycles. The van der Waals surface area contributed by atoms with Crippen molar-refractivity contribution >= 4 is 21.6 Å². The van der Waals surface area contributed by atoms with Crippen LogP contribution in [0.4, 0.5) is 0 Å². The number of aromatic nitrogens is 2. The summed E-state index contributed by atoms with van der Waals surface area (Å²) in [6, 6.07) is 9.87. The minimum atomic E-state index is 0.806. The summed E-state index contributed by atoms with van der Waals surface area (Å²) >= 11 is 1.61. The first kappa shape index (κ1) is 10.2. The highest BCUT2D eigenvalue weighted by atomic mass is 32.1. The summed E-state index contributed by atoms with van der Waals surface area (Å²) in [5, 5.41) is 0. The van der Waals surface area contributed by atoms with Crippen molar-refractivity contribution in [3.8, 4) is 17.0 Å². The van der Waals surface area contributed by atoms with Crippen molar-refractivity contribution in [3.05, 3.63) is 42.0 Å². The number of hydrogen-bond donors (Lipinski definition) is 0. The van der Waals surface area contributed by atoms with Gasteiger partial charge in [-0.05, 0) is 24.3 Å². The van der Waals surface area contributed by atoms with Crippen LogP contribution >= 0.6 is 11.3 Å². The molecule has 0 aliphatic rings. The predicted octanol–water partition coefficient (Wildman–Crippen LogP) is 3.37. The van der Waals surface area contributed by atoms with Crippen LogP contribution in [0.15, 0.2) is 42.0 Å². The van der Waals surface area contributed by atoms with Gasteiger partial charge in [-0.15, -0.1) is 11.3 Å². The molecule has 3 nitrogen and oxygen atoms in total. The standard InChI is InChI=1S/C13H10N2OS/c1-16-11-6-5-9(10-4-2-3-7-14-10)13-12(11)15-8-17-13/h2-8H,1H3. The lowest BCUT2D eigenvalue weighted by atomic mass is 10.1. The van der Waals surface area contributed by atoms with Crippen molar-refractivity contribution in [1.82, 2.24) is 9.97 Å². The summed E-state index contributed by atoms with van der Waals surface area (Å²) in [5.74, 6) is 0.806. The van der Waals surface area contributed by atoms with Crippen molar-refractivity contribution < 1.29 is 4.74 Å². The number of pyridine rings is 1. The highest BCUT2D eigenvalue weighted by Crippen LogP contribution is 2.35. The van der Waals surface area contributed by atoms with Gasteiger partial charge >= 0.3 is 0 Å². The van der Waals surface area contributed by atoms with Gasteiger partial charge in [0, 0.05) is 11.8 Å². The van der Waals surface area contributed by atoms with Gasteiger partial charge in [0.05, 0.1) is 23.0 Å². The molecular formula is C13H10N2OS. The number of hydrogen-bond acceptors (Lipinski definition) is 4. The highest BCUT2D eigenvalue weighted by Gasteiger charge is 2.10. The molecule has 0 unspecified atom stereocenters. The number of fused-ring (bicyclic) bond motifs is 1. The molecule has 0 aliphatic heterocycles. The van der Waals surface area contributed by atoms with Crippen LogP contribution in [0.3, 0.4) is 0 Å². The molecule has 84 valence electrons. The smallest absolute Gasteiger partial charge is 0.146 e. The predicted molar refractivity (Wildman–Crippen MR) is 69.4 cm³/mol. The number of thiazole rings is 1. The third kappa shape index (κ3) is 1.66. The molecule has 0 aliphatic carbocycles. The van der Waals surface area contributed by atoms with Gasteiger partial charge in [-0.1, -0.05) is 6.07 Å². The van der Waals surface area contributed by atoms with Crippen LogP contribution in [0.2, 0.25) is 0 Å². The Morgan fingerprint density at radius 3 is 2.82 bits per heavy atom. The zero-order valence-electron chi connectivity index (χ0n) is 9.25. The Bertz CT molecular complexity index is 649. The fourth-order valence-corrected chi connectivity index (χ4v) is 2.64. The zero-order valence-corrected chi connectivity index (χ0v) is 10.1. The average molecular weight is 242 g/mol. The van der Waals surface area contributed by atoms with Gasteiger partial charge in [0.1, 0.15) is 11.3 Å². The summed E-state index contributed by atoms with van der Waals surface area (Å²) in [6.45, 7) is 0. The van der Waals surface area contributed by atoms with Crippen LogP contribution < -0.4 is 4.74 Å². The summed E-state index contributed by atoms with van der Waals surface area (Å²) in [5.41, 5.74) is 4.80. The third-order valence-corrected chi connectivity index (χ3v) is 3.47. The van der Waals surface area contributed by atoms with Gasteiger partial charge in [0.15, 0.2) is 0 Å². The normalized spacial score (nSPS) is 10.6. The van der Waals surface area contributed by atoms with Crippen molar-refractivity contribution in [2.45, 2.75) is 0 Å². The first-order valence-corrected chi connectivity index (χ1v) is 6.09. The number of nitrogens with zero attached hydrogens (tertiary/aromatic N) is 2. The van der Waals surface area contributed by atoms with E-state index in [1.807, 2.05) is 35.8 Å². The first-order valence-electron chi connectivity index (χ1n) is 5.22. The van der Waals surface area contributed by atoms with Gasteiger partial charge in [0.2, 0.25) is 0 Å². The summed E-state index contributed by atoms with van der Waals surface area (Å²) in [6.07, 6.45) is 1.80. The van der Waals surface area contributed by atoms with Gasteiger partial charge in [-0.2, -0.15) is 0 Å². The lowest BCUT2D eigenvalue weighted by Crippen LogP contribution is -1.87. The maximum atomic E-state index is 5.30. The molecule has 0 saturated carbocycles. The quantitative estimate of drug-likeness (QED) is 0.691. The summed E-state index contributed by atoms with van der Waals surface area (Å²) in [4.78, 5) is 8.71. The Balaban J connectivity index is 2.29. The fourth-order valence-electron chi connectivity index (χ4n) is 1.81. The SMILES string of the molecule is COc1ccc(-c2ccccn2)c2scnc12. The van der Waals surface area contributed by atoms with Crippen LogP contribution in [-0.4, -0.2) is 17.1 Å². The Morgan fingerprint density at radius 2 is 2.06 bits per heavy atom. The fraction of sp³-hybridized carbons (Fsp3) is 0.0769. The topological polar surface area (TPSA) is 35.0 Å². The van der Waals surface area contributed by atoms with E-state index in [0.29, 0.717) is 0 Å². The summed E-state index contributed by atoms with van der Waals surface area (Å²) in [7, 11) is 1.66. The molecule has 0 bridgehead atoms. The van der Waals surface area contributed by atoms with Crippen LogP contribution in [0.1, 0.15) is 0 Å². The monoisotopic (exact) mass is 242 g/mol. The lowest BCUT2D eigenvalue weighted by Gasteiger charge is -2.05. The van der Waals surface area contributed by atoms with E-state index < -0.39 is 0 Å². The second-order valence-electron chi connectivity index (χ2n) is 3.56. The number of benzene rings is 1. The maximum Gasteiger partial charge on any atom is 0.146 e. The van der Waals surface area contributed by atoms with Gasteiger partial charge < -0.3 is 4.74 Å². The van der Waals surface area contributed by atoms with Crippen LogP contribution in [-0.2, 0) is 0 Å². The van der Waals surface area contributed by atoms with Crippen molar-refractivity contribution in [2.24, 2.45) is 0 Å². The minimum Gasteiger partial charge on any atom is -0.494 e. The van der Waals surface area contributed by atoms with E-state index in [-0.39, 0.29) is 0 Å². The van der Waals surface area contributed by atoms with Gasteiger partial charge in [-0.3, -0.25) is 4.98 Å². The Hall–Kier alpha value is -1.94. The minimum absolute atomic E-state index is 0.806. The summed E-state index contributed by atoms with van der Waals surface area (Å²) < 4.78 is 6.41. The Labute approximate surface area is 103 Å². The van der Waals surface area contributed by atoms with E-state index in [1.54, 1.807) is 24.6 Å². The molecule has 0 N–H and O–H groups in total. The molecule has 0 atom stereocenters. The number of methoxy groups -OCH3 is 1. The van der Waals surface area contributed by atoms with Crippen LogP contribution in [0.25, 0.3) is 21.5 Å². The lowest BCUT2D eigenvalue weighted by molar-refractivity contribution is 0.419. The van der Waals surface area contributed by atoms with E-state index in [9.17, 15) is 0 Å². The Morgan fingerprint density at radius 1 is 1.12 bits per heavy atom. The molecule has 1 aromatic carbocycles. The molecule has 0 radical (unpaired) electrons. The molecule has 2 aromatic heterocycles.